The lowest BCUT2D eigenvalue weighted by Gasteiger charge is -2.31. The van der Waals surface area contributed by atoms with E-state index < -0.39 is 0 Å². The smallest absolute Gasteiger partial charge is 0.254 e. The lowest BCUT2D eigenvalue weighted by Crippen LogP contribution is -2.41. The summed E-state index contributed by atoms with van der Waals surface area (Å²) in [4.78, 5) is 32.4. The Balaban J connectivity index is 1.36. The number of halogens is 1. The first-order chi connectivity index (χ1) is 14.0. The van der Waals surface area contributed by atoms with Crippen LogP contribution in [-0.4, -0.2) is 34.8 Å². The highest BCUT2D eigenvalue weighted by molar-refractivity contribution is 7.16. The number of carbonyl (C=O) groups is 2. The van der Waals surface area contributed by atoms with E-state index >= 15 is 0 Å². The first-order valence-electron chi connectivity index (χ1n) is 9.37. The third kappa shape index (κ3) is 4.38. The summed E-state index contributed by atoms with van der Waals surface area (Å²) in [5.41, 5.74) is 2.28. The zero-order valence-corrected chi connectivity index (χ0v) is 17.5. The van der Waals surface area contributed by atoms with Crippen LogP contribution in [0.3, 0.4) is 0 Å². The summed E-state index contributed by atoms with van der Waals surface area (Å²) in [6.45, 7) is 3.08. The molecule has 1 saturated heterocycles. The minimum atomic E-state index is -0.293. The van der Waals surface area contributed by atoms with Gasteiger partial charge < -0.3 is 10.2 Å². The van der Waals surface area contributed by atoms with Gasteiger partial charge in [-0.3, -0.25) is 9.59 Å². The van der Waals surface area contributed by atoms with Crippen LogP contribution in [0.4, 0.5) is 9.52 Å². The summed E-state index contributed by atoms with van der Waals surface area (Å²) in [5, 5.41) is 7.21. The molecule has 2 amide bonds. The Labute approximate surface area is 176 Å². The van der Waals surface area contributed by atoms with Crippen molar-refractivity contribution in [3.05, 3.63) is 57.3 Å². The molecule has 2 aromatic heterocycles. The summed E-state index contributed by atoms with van der Waals surface area (Å²) in [6, 6.07) is 8.00. The molecule has 0 radical (unpaired) electrons. The normalized spacial score (nSPS) is 14.8. The number of hydrogen-bond donors (Lipinski definition) is 1. The minimum Gasteiger partial charge on any atom is -0.339 e. The average molecular weight is 430 g/mol. The third-order valence-electron chi connectivity index (χ3n) is 5.07. The molecule has 29 heavy (non-hydrogen) atoms. The Morgan fingerprint density at radius 2 is 1.90 bits per heavy atom. The van der Waals surface area contributed by atoms with Gasteiger partial charge in [-0.15, -0.1) is 11.3 Å². The molecule has 0 saturated carbocycles. The van der Waals surface area contributed by atoms with Gasteiger partial charge in [0.2, 0.25) is 5.91 Å². The van der Waals surface area contributed by atoms with Crippen LogP contribution in [-0.2, 0) is 4.79 Å². The van der Waals surface area contributed by atoms with Gasteiger partial charge in [-0.1, -0.05) is 0 Å². The van der Waals surface area contributed by atoms with Crippen molar-refractivity contribution in [1.82, 2.24) is 9.88 Å². The number of nitrogens with one attached hydrogen (secondary N) is 1. The highest BCUT2D eigenvalue weighted by Gasteiger charge is 2.28. The molecule has 0 atom stereocenters. The van der Waals surface area contributed by atoms with Crippen LogP contribution in [0.25, 0.3) is 11.3 Å². The van der Waals surface area contributed by atoms with Crippen LogP contribution < -0.4 is 5.32 Å². The van der Waals surface area contributed by atoms with Gasteiger partial charge in [-0.25, -0.2) is 9.37 Å². The maximum Gasteiger partial charge on any atom is 0.254 e. The Hall–Kier alpha value is -2.58. The van der Waals surface area contributed by atoms with E-state index in [9.17, 15) is 14.0 Å². The average Bonchev–Trinajstić information content (AvgIpc) is 3.38. The van der Waals surface area contributed by atoms with Gasteiger partial charge in [0.15, 0.2) is 5.13 Å². The van der Waals surface area contributed by atoms with Crippen molar-refractivity contribution >= 4 is 39.6 Å². The molecular formula is C21H20FN3O2S2. The van der Waals surface area contributed by atoms with E-state index in [1.54, 1.807) is 12.1 Å². The number of piperidine rings is 1. The maximum absolute atomic E-state index is 13.1. The number of hydrogen-bond acceptors (Lipinski definition) is 5. The molecule has 0 spiro atoms. The number of carbonyl (C=O) groups excluding carboxylic acids is 2. The predicted molar refractivity (Wildman–Crippen MR) is 114 cm³/mol. The van der Waals surface area contributed by atoms with Crippen LogP contribution in [0.15, 0.2) is 41.1 Å². The Morgan fingerprint density at radius 3 is 2.55 bits per heavy atom. The fraction of sp³-hybridized carbons (Fsp3) is 0.286. The fourth-order valence-corrected chi connectivity index (χ4v) is 4.91. The van der Waals surface area contributed by atoms with Crippen LogP contribution in [0.5, 0.6) is 0 Å². The molecule has 0 aliphatic carbocycles. The molecular weight excluding hydrogens is 409 g/mol. The summed E-state index contributed by atoms with van der Waals surface area (Å²) in [7, 11) is 0. The second-order valence-electron chi connectivity index (χ2n) is 7.00. The number of thiazole rings is 1. The van der Waals surface area contributed by atoms with Crippen LogP contribution in [0.1, 0.15) is 28.1 Å². The molecule has 0 bridgehead atoms. The lowest BCUT2D eigenvalue weighted by molar-refractivity contribution is -0.121. The molecule has 1 aliphatic rings. The number of rotatable bonds is 4. The van der Waals surface area contributed by atoms with E-state index in [1.807, 2.05) is 28.7 Å². The number of anilines is 1. The first kappa shape index (κ1) is 19.7. The van der Waals surface area contributed by atoms with Gasteiger partial charge in [-0.05, 0) is 55.5 Å². The van der Waals surface area contributed by atoms with Crippen molar-refractivity contribution in [1.29, 1.82) is 0 Å². The summed E-state index contributed by atoms with van der Waals surface area (Å²) in [5.74, 6) is -0.462. The van der Waals surface area contributed by atoms with Crippen molar-refractivity contribution in [2.24, 2.45) is 5.92 Å². The molecule has 0 unspecified atom stereocenters. The summed E-state index contributed by atoms with van der Waals surface area (Å²) >= 11 is 2.91. The molecule has 5 nitrogen and oxygen atoms in total. The number of aryl methyl sites for hydroxylation is 1. The van der Waals surface area contributed by atoms with Gasteiger partial charge in [-0.2, -0.15) is 11.3 Å². The Morgan fingerprint density at radius 1 is 1.17 bits per heavy atom. The largest absolute Gasteiger partial charge is 0.339 e. The van der Waals surface area contributed by atoms with Gasteiger partial charge in [0.25, 0.3) is 5.91 Å². The highest BCUT2D eigenvalue weighted by atomic mass is 32.1. The lowest BCUT2D eigenvalue weighted by atomic mass is 9.95. The zero-order valence-electron chi connectivity index (χ0n) is 15.9. The van der Waals surface area contributed by atoms with E-state index in [-0.39, 0.29) is 23.5 Å². The Bertz CT molecular complexity index is 1010. The zero-order chi connectivity index (χ0) is 20.4. The second kappa shape index (κ2) is 8.42. The van der Waals surface area contributed by atoms with Gasteiger partial charge in [0.05, 0.1) is 11.3 Å². The monoisotopic (exact) mass is 429 g/mol. The van der Waals surface area contributed by atoms with E-state index in [0.717, 1.165) is 16.1 Å². The van der Waals surface area contributed by atoms with Gasteiger partial charge in [0, 0.05) is 34.8 Å². The number of thiophene rings is 1. The number of nitrogens with zero attached hydrogens (tertiary/aromatic N) is 2. The van der Waals surface area contributed by atoms with Crippen molar-refractivity contribution < 1.29 is 14.0 Å². The van der Waals surface area contributed by atoms with Crippen LogP contribution in [0.2, 0.25) is 0 Å². The van der Waals surface area contributed by atoms with Crippen molar-refractivity contribution in [2.75, 3.05) is 18.4 Å². The minimum absolute atomic E-state index is 0.0320. The highest BCUT2D eigenvalue weighted by Crippen LogP contribution is 2.31. The van der Waals surface area contributed by atoms with Crippen molar-refractivity contribution in [3.8, 4) is 11.3 Å². The molecule has 1 N–H and O–H groups in total. The number of amides is 2. The van der Waals surface area contributed by atoms with Crippen molar-refractivity contribution in [3.63, 3.8) is 0 Å². The molecule has 1 fully saturated rings. The second-order valence-corrected chi connectivity index (χ2v) is 8.98. The van der Waals surface area contributed by atoms with E-state index in [1.165, 1.54) is 34.8 Å². The fourth-order valence-electron chi connectivity index (χ4n) is 3.45. The third-order valence-corrected chi connectivity index (χ3v) is 6.63. The standard InChI is InChI=1S/C21H20FN3O2S2/c1-13-18(14-2-4-17(22)5-3-14)23-21(29-13)24-19(26)15-6-9-25(10-7-15)20(27)16-8-11-28-12-16/h2-5,8,11-12,15H,6-7,9-10H2,1H3,(H,23,24,26). The van der Waals surface area contributed by atoms with Crippen molar-refractivity contribution in [2.45, 2.75) is 19.8 Å². The molecule has 150 valence electrons. The maximum atomic E-state index is 13.1. The molecule has 1 aliphatic heterocycles. The number of aromatic nitrogens is 1. The Kier molecular flexibility index (Phi) is 5.73. The summed E-state index contributed by atoms with van der Waals surface area (Å²) in [6.07, 6.45) is 1.27. The van der Waals surface area contributed by atoms with Gasteiger partial charge in [0.1, 0.15) is 5.82 Å². The van der Waals surface area contributed by atoms with Crippen LogP contribution >= 0.6 is 22.7 Å². The number of likely N-dealkylation sites (tertiary alicyclic amines) is 1. The topological polar surface area (TPSA) is 62.3 Å². The van der Waals surface area contributed by atoms with Crippen LogP contribution in [0, 0.1) is 18.7 Å². The predicted octanol–water partition coefficient (Wildman–Crippen LogP) is 4.81. The van der Waals surface area contributed by atoms with E-state index in [0.29, 0.717) is 36.6 Å². The number of benzene rings is 1. The quantitative estimate of drug-likeness (QED) is 0.647. The first-order valence-corrected chi connectivity index (χ1v) is 11.1. The molecule has 8 heteroatoms. The van der Waals surface area contributed by atoms with E-state index in [4.69, 9.17) is 0 Å². The van der Waals surface area contributed by atoms with Gasteiger partial charge >= 0.3 is 0 Å². The molecule has 1 aromatic carbocycles. The SMILES string of the molecule is Cc1sc(NC(=O)C2CCN(C(=O)c3ccsc3)CC2)nc1-c1ccc(F)cc1. The summed E-state index contributed by atoms with van der Waals surface area (Å²) < 4.78 is 13.1. The molecule has 4 rings (SSSR count). The molecule has 3 aromatic rings. The molecule has 3 heterocycles. The van der Waals surface area contributed by atoms with E-state index in [2.05, 4.69) is 10.3 Å².